The summed E-state index contributed by atoms with van der Waals surface area (Å²) in [6.07, 6.45) is 3.66. The molecule has 0 radical (unpaired) electrons. The Morgan fingerprint density at radius 2 is 1.38 bits per heavy atom. The van der Waals surface area contributed by atoms with Crippen molar-refractivity contribution in [1.29, 1.82) is 0 Å². The summed E-state index contributed by atoms with van der Waals surface area (Å²) in [5, 5.41) is 4.93. The average Bonchev–Trinajstić information content (AvgIpc) is 3.54. The lowest BCUT2D eigenvalue weighted by Gasteiger charge is -2.10. The van der Waals surface area contributed by atoms with Crippen molar-refractivity contribution in [1.82, 2.24) is 14.5 Å². The highest BCUT2D eigenvalue weighted by molar-refractivity contribution is 7.26. The largest absolute Gasteiger partial charge is 0.457 e. The van der Waals surface area contributed by atoms with Gasteiger partial charge in [0.15, 0.2) is 0 Å². The molecule has 4 aromatic heterocycles. The van der Waals surface area contributed by atoms with Gasteiger partial charge < -0.3 is 4.74 Å². The van der Waals surface area contributed by atoms with Gasteiger partial charge in [0, 0.05) is 50.3 Å². The molecule has 8 aromatic rings. The Hall–Kier alpha value is -5.00. The van der Waals surface area contributed by atoms with Crippen molar-refractivity contribution in [2.24, 2.45) is 0 Å². The number of fused-ring (bicyclic) bond motifs is 7. The highest BCUT2D eigenvalue weighted by Crippen LogP contribution is 2.43. The molecule has 184 valence electrons. The first-order valence-corrected chi connectivity index (χ1v) is 13.6. The van der Waals surface area contributed by atoms with Gasteiger partial charge in [-0.15, -0.1) is 11.3 Å². The molecule has 0 fully saturated rings. The predicted octanol–water partition coefficient (Wildman–Crippen LogP) is 9.40. The van der Waals surface area contributed by atoms with Crippen molar-refractivity contribution < 1.29 is 4.74 Å². The molecule has 0 atom stereocenters. The molecule has 0 aliphatic carbocycles. The van der Waals surface area contributed by atoms with E-state index >= 15 is 0 Å². The van der Waals surface area contributed by atoms with E-state index in [0.717, 1.165) is 34.1 Å². The van der Waals surface area contributed by atoms with Crippen LogP contribution < -0.4 is 4.74 Å². The van der Waals surface area contributed by atoms with E-state index in [1.807, 2.05) is 78.2 Å². The molecule has 0 unspecified atom stereocenters. The summed E-state index contributed by atoms with van der Waals surface area (Å²) in [5.41, 5.74) is 4.17. The molecule has 4 heterocycles. The van der Waals surface area contributed by atoms with Gasteiger partial charge in [-0.3, -0.25) is 9.55 Å². The second kappa shape index (κ2) is 8.79. The predicted molar refractivity (Wildman–Crippen MR) is 161 cm³/mol. The highest BCUT2D eigenvalue weighted by Gasteiger charge is 2.19. The molecular formula is C34H21N3OS. The van der Waals surface area contributed by atoms with Crippen LogP contribution >= 0.6 is 11.3 Å². The van der Waals surface area contributed by atoms with Crippen molar-refractivity contribution in [3.8, 4) is 28.6 Å². The van der Waals surface area contributed by atoms with Gasteiger partial charge in [0.25, 0.3) is 0 Å². The molecule has 0 N–H and O–H groups in total. The fourth-order valence-electron chi connectivity index (χ4n) is 5.43. The summed E-state index contributed by atoms with van der Waals surface area (Å²) in [6.45, 7) is 0. The van der Waals surface area contributed by atoms with Gasteiger partial charge in [-0.1, -0.05) is 54.6 Å². The van der Waals surface area contributed by atoms with Gasteiger partial charge in [-0.05, 0) is 54.6 Å². The second-order valence-electron chi connectivity index (χ2n) is 9.48. The summed E-state index contributed by atoms with van der Waals surface area (Å²) in [6, 6.07) is 39.5. The van der Waals surface area contributed by atoms with Crippen molar-refractivity contribution in [3.63, 3.8) is 0 Å². The van der Waals surface area contributed by atoms with Gasteiger partial charge in [0.2, 0.25) is 0 Å². The molecule has 0 saturated heterocycles. The van der Waals surface area contributed by atoms with Crippen LogP contribution in [-0.4, -0.2) is 14.5 Å². The minimum Gasteiger partial charge on any atom is -0.457 e. The molecule has 0 spiro atoms. The van der Waals surface area contributed by atoms with Crippen LogP contribution in [0.5, 0.6) is 11.5 Å². The topological polar surface area (TPSA) is 39.9 Å². The van der Waals surface area contributed by atoms with Crippen LogP contribution in [0.1, 0.15) is 0 Å². The smallest absolute Gasteiger partial charge is 0.137 e. The van der Waals surface area contributed by atoms with E-state index in [9.17, 15) is 0 Å². The van der Waals surface area contributed by atoms with E-state index in [0.29, 0.717) is 0 Å². The second-order valence-corrected chi connectivity index (χ2v) is 10.5. The first-order valence-electron chi connectivity index (χ1n) is 12.8. The SMILES string of the molecule is c1ccc(-c2cccc(Oc3ccc4c5ccc6c7ccccc7sc6c5n(-c5ccccn5)c4c3)c2)nc1. The van der Waals surface area contributed by atoms with Gasteiger partial charge in [0.05, 0.1) is 21.4 Å². The van der Waals surface area contributed by atoms with Gasteiger partial charge in [0.1, 0.15) is 17.3 Å². The molecule has 8 rings (SSSR count). The number of thiophene rings is 1. The van der Waals surface area contributed by atoms with E-state index in [4.69, 9.17) is 9.72 Å². The third-order valence-electron chi connectivity index (χ3n) is 7.15. The molecule has 5 heteroatoms. The summed E-state index contributed by atoms with van der Waals surface area (Å²) in [7, 11) is 0. The highest BCUT2D eigenvalue weighted by atomic mass is 32.1. The number of pyridine rings is 2. The van der Waals surface area contributed by atoms with Crippen LogP contribution in [0.2, 0.25) is 0 Å². The Morgan fingerprint density at radius 1 is 0.590 bits per heavy atom. The van der Waals surface area contributed by atoms with E-state index in [1.54, 1.807) is 6.20 Å². The van der Waals surface area contributed by atoms with E-state index < -0.39 is 0 Å². The lowest BCUT2D eigenvalue weighted by Crippen LogP contribution is -1.96. The maximum Gasteiger partial charge on any atom is 0.137 e. The molecular weight excluding hydrogens is 498 g/mol. The molecule has 0 aliphatic heterocycles. The molecule has 39 heavy (non-hydrogen) atoms. The first kappa shape index (κ1) is 22.0. The number of aromatic nitrogens is 3. The standard InChI is InChI=1S/C34H21N3OS/c1-2-12-31-26(10-1)28-17-16-27-25-15-14-24(38-23-9-7-8-22(20-23)29-11-3-5-18-35-29)21-30(25)37(33(27)34(28)39-31)32-13-4-6-19-36-32/h1-21H. The number of hydrogen-bond acceptors (Lipinski definition) is 4. The molecule has 0 bridgehead atoms. The zero-order chi connectivity index (χ0) is 25.8. The fourth-order valence-corrected chi connectivity index (χ4v) is 6.68. The van der Waals surface area contributed by atoms with Crippen LogP contribution in [-0.2, 0) is 0 Å². The van der Waals surface area contributed by atoms with Crippen LogP contribution in [0.15, 0.2) is 128 Å². The fraction of sp³-hybridized carbons (Fsp3) is 0. The third-order valence-corrected chi connectivity index (χ3v) is 8.35. The Labute approximate surface area is 228 Å². The molecule has 0 saturated carbocycles. The zero-order valence-electron chi connectivity index (χ0n) is 20.8. The zero-order valence-corrected chi connectivity index (χ0v) is 21.6. The normalized spacial score (nSPS) is 11.6. The maximum atomic E-state index is 6.41. The Kier molecular flexibility index (Phi) is 4.96. The summed E-state index contributed by atoms with van der Waals surface area (Å²) < 4.78 is 11.2. The van der Waals surface area contributed by atoms with Crippen LogP contribution in [0.4, 0.5) is 0 Å². The van der Waals surface area contributed by atoms with Crippen LogP contribution in [0, 0.1) is 0 Å². The van der Waals surface area contributed by atoms with Crippen molar-refractivity contribution in [3.05, 3.63) is 128 Å². The van der Waals surface area contributed by atoms with Crippen LogP contribution in [0.3, 0.4) is 0 Å². The molecule has 0 aliphatic rings. The van der Waals surface area contributed by atoms with Crippen molar-refractivity contribution in [2.75, 3.05) is 0 Å². The van der Waals surface area contributed by atoms with Gasteiger partial charge in [-0.2, -0.15) is 0 Å². The number of nitrogens with zero attached hydrogens (tertiary/aromatic N) is 3. The minimum atomic E-state index is 0.768. The van der Waals surface area contributed by atoms with Gasteiger partial charge in [-0.25, -0.2) is 4.98 Å². The number of hydrogen-bond donors (Lipinski definition) is 0. The summed E-state index contributed by atoms with van der Waals surface area (Å²) >= 11 is 1.84. The Balaban J connectivity index is 1.34. The lowest BCUT2D eigenvalue weighted by molar-refractivity contribution is 0.483. The van der Waals surface area contributed by atoms with Gasteiger partial charge >= 0.3 is 0 Å². The first-order chi connectivity index (χ1) is 19.3. The summed E-state index contributed by atoms with van der Waals surface area (Å²) in [5.74, 6) is 2.43. The monoisotopic (exact) mass is 519 g/mol. The number of ether oxygens (including phenoxy) is 1. The van der Waals surface area contributed by atoms with E-state index in [1.165, 1.54) is 36.5 Å². The van der Waals surface area contributed by atoms with Crippen molar-refractivity contribution in [2.45, 2.75) is 0 Å². The Bertz CT molecular complexity index is 2150. The molecule has 4 nitrogen and oxygen atoms in total. The number of rotatable bonds is 4. The molecule has 0 amide bonds. The maximum absolute atomic E-state index is 6.41. The van der Waals surface area contributed by atoms with Crippen LogP contribution in [0.25, 0.3) is 59.1 Å². The average molecular weight is 520 g/mol. The summed E-state index contributed by atoms with van der Waals surface area (Å²) in [4.78, 5) is 9.24. The molecule has 4 aromatic carbocycles. The van der Waals surface area contributed by atoms with E-state index in [-0.39, 0.29) is 0 Å². The number of benzene rings is 4. The van der Waals surface area contributed by atoms with Crippen molar-refractivity contribution >= 4 is 53.3 Å². The lowest BCUT2D eigenvalue weighted by atomic mass is 10.1. The quantitative estimate of drug-likeness (QED) is 0.232. The minimum absolute atomic E-state index is 0.768. The third kappa shape index (κ3) is 3.59. The Morgan fingerprint density at radius 3 is 2.26 bits per heavy atom. The van der Waals surface area contributed by atoms with E-state index in [2.05, 4.69) is 64.1 Å².